The number of rotatable bonds is 8. The smallest absolute Gasteiger partial charge is 0.240 e. The average molecular weight is 510 g/mol. The van der Waals surface area contributed by atoms with Gasteiger partial charge in [-0.2, -0.15) is 0 Å². The van der Waals surface area contributed by atoms with Crippen molar-refractivity contribution in [2.75, 3.05) is 13.6 Å². The second-order valence-electron chi connectivity index (χ2n) is 7.69. The van der Waals surface area contributed by atoms with Gasteiger partial charge in [-0.1, -0.05) is 32.9 Å². The van der Waals surface area contributed by atoms with Crippen molar-refractivity contribution in [3.63, 3.8) is 0 Å². The van der Waals surface area contributed by atoms with Crippen LogP contribution in [0.5, 0.6) is 0 Å². The largest absolute Gasteiger partial charge is 0.357 e. The zero-order valence-electron chi connectivity index (χ0n) is 17.3. The van der Waals surface area contributed by atoms with Gasteiger partial charge in [-0.25, -0.2) is 18.1 Å². The summed E-state index contributed by atoms with van der Waals surface area (Å²) in [6.07, 6.45) is 2.21. The summed E-state index contributed by atoms with van der Waals surface area (Å²) in [5.74, 6) is 0.779. The first-order valence-electron chi connectivity index (χ1n) is 9.14. The molecule has 6 nitrogen and oxygen atoms in total. The first kappa shape index (κ1) is 26.1. The molecule has 0 aliphatic carbocycles. The minimum absolute atomic E-state index is 0. The maximum absolute atomic E-state index is 11.8. The van der Waals surface area contributed by atoms with Crippen LogP contribution < -0.4 is 15.4 Å². The lowest BCUT2D eigenvalue weighted by atomic mass is 9.89. The van der Waals surface area contributed by atoms with Crippen molar-refractivity contribution in [3.8, 4) is 0 Å². The summed E-state index contributed by atoms with van der Waals surface area (Å²) in [5, 5.41) is 6.70. The van der Waals surface area contributed by atoms with Crippen molar-refractivity contribution >= 4 is 40.0 Å². The maximum atomic E-state index is 11.8. The standard InChI is InChI=1S/C19H34N4O2S.HI/c1-7-21-18(23-15(2)12-13-19(3,4)5)22-14-16-8-10-17(11-9-16)26(24,25)20-6;/h8-11,15,20H,7,12-14H2,1-6H3,(H2,21,22,23);1H. The zero-order chi connectivity index (χ0) is 19.8. The molecule has 1 atom stereocenters. The molecule has 1 unspecified atom stereocenters. The molecule has 0 fully saturated rings. The summed E-state index contributed by atoms with van der Waals surface area (Å²) in [4.78, 5) is 4.87. The number of hydrogen-bond donors (Lipinski definition) is 3. The van der Waals surface area contributed by atoms with Gasteiger partial charge in [0.1, 0.15) is 0 Å². The maximum Gasteiger partial charge on any atom is 0.240 e. The molecule has 0 saturated heterocycles. The van der Waals surface area contributed by atoms with E-state index in [4.69, 9.17) is 0 Å². The van der Waals surface area contributed by atoms with Crippen LogP contribution in [0.15, 0.2) is 34.2 Å². The third kappa shape index (κ3) is 10.3. The van der Waals surface area contributed by atoms with E-state index in [9.17, 15) is 8.42 Å². The summed E-state index contributed by atoms with van der Waals surface area (Å²) >= 11 is 0. The second kappa shape index (κ2) is 11.9. The van der Waals surface area contributed by atoms with E-state index in [0.29, 0.717) is 18.0 Å². The van der Waals surface area contributed by atoms with Crippen LogP contribution in [0.4, 0.5) is 0 Å². The molecule has 0 amide bonds. The Hall–Kier alpha value is -0.870. The second-order valence-corrected chi connectivity index (χ2v) is 9.58. The highest BCUT2D eigenvalue weighted by Gasteiger charge is 2.13. The van der Waals surface area contributed by atoms with E-state index in [1.54, 1.807) is 24.3 Å². The van der Waals surface area contributed by atoms with Crippen LogP contribution in [0, 0.1) is 5.41 Å². The molecule has 0 saturated carbocycles. The van der Waals surface area contributed by atoms with Crippen molar-refractivity contribution in [3.05, 3.63) is 29.8 Å². The molecule has 27 heavy (non-hydrogen) atoms. The quantitative estimate of drug-likeness (QED) is 0.284. The SMILES string of the molecule is CCNC(=NCc1ccc(S(=O)(=O)NC)cc1)NC(C)CCC(C)(C)C.I. The molecule has 156 valence electrons. The van der Waals surface area contributed by atoms with Crippen molar-refractivity contribution in [2.24, 2.45) is 10.4 Å². The van der Waals surface area contributed by atoms with Crippen LogP contribution in [-0.2, 0) is 16.6 Å². The Morgan fingerprint density at radius 3 is 2.26 bits per heavy atom. The number of nitrogens with zero attached hydrogens (tertiary/aromatic N) is 1. The number of aliphatic imine (C=N–C) groups is 1. The highest BCUT2D eigenvalue weighted by Crippen LogP contribution is 2.21. The van der Waals surface area contributed by atoms with Crippen molar-refractivity contribution < 1.29 is 8.42 Å². The van der Waals surface area contributed by atoms with Crippen LogP contribution in [0.1, 0.15) is 53.0 Å². The van der Waals surface area contributed by atoms with E-state index in [2.05, 4.69) is 48.0 Å². The summed E-state index contributed by atoms with van der Waals surface area (Å²) in [7, 11) is -1.99. The van der Waals surface area contributed by atoms with Crippen molar-refractivity contribution in [1.29, 1.82) is 0 Å². The predicted molar refractivity (Wildman–Crippen MR) is 124 cm³/mol. The van der Waals surface area contributed by atoms with Gasteiger partial charge in [0.05, 0.1) is 11.4 Å². The minimum Gasteiger partial charge on any atom is -0.357 e. The lowest BCUT2D eigenvalue weighted by Gasteiger charge is -2.23. The Bertz CT molecular complexity index is 683. The summed E-state index contributed by atoms with van der Waals surface area (Å²) in [5.41, 5.74) is 1.28. The first-order chi connectivity index (χ1) is 12.1. The Morgan fingerprint density at radius 2 is 1.78 bits per heavy atom. The number of benzene rings is 1. The monoisotopic (exact) mass is 510 g/mol. The number of hydrogen-bond acceptors (Lipinski definition) is 3. The van der Waals surface area contributed by atoms with Gasteiger partial charge in [0, 0.05) is 12.6 Å². The Kier molecular flexibility index (Phi) is 11.5. The topological polar surface area (TPSA) is 82.6 Å². The summed E-state index contributed by atoms with van der Waals surface area (Å²) in [6.45, 7) is 12.2. The van der Waals surface area contributed by atoms with E-state index in [0.717, 1.165) is 30.9 Å². The molecule has 0 radical (unpaired) electrons. The molecule has 0 aliphatic rings. The number of nitrogens with one attached hydrogen (secondary N) is 3. The third-order valence-electron chi connectivity index (χ3n) is 3.98. The molecule has 0 heterocycles. The predicted octanol–water partition coefficient (Wildman–Crippen LogP) is 3.48. The zero-order valence-corrected chi connectivity index (χ0v) is 20.4. The van der Waals surface area contributed by atoms with E-state index in [1.807, 2.05) is 6.92 Å². The van der Waals surface area contributed by atoms with E-state index >= 15 is 0 Å². The van der Waals surface area contributed by atoms with Crippen LogP contribution in [0.25, 0.3) is 0 Å². The fourth-order valence-electron chi connectivity index (χ4n) is 2.34. The van der Waals surface area contributed by atoms with Crippen LogP contribution >= 0.6 is 24.0 Å². The molecule has 0 spiro atoms. The molecule has 3 N–H and O–H groups in total. The lowest BCUT2D eigenvalue weighted by molar-refractivity contribution is 0.346. The molecule has 1 rings (SSSR count). The fourth-order valence-corrected chi connectivity index (χ4v) is 3.07. The highest BCUT2D eigenvalue weighted by molar-refractivity contribution is 14.0. The van der Waals surface area contributed by atoms with Gasteiger partial charge in [0.2, 0.25) is 10.0 Å². The van der Waals surface area contributed by atoms with Gasteiger partial charge in [0.25, 0.3) is 0 Å². The molecule has 0 bridgehead atoms. The normalized spacial score (nSPS) is 13.6. The first-order valence-corrected chi connectivity index (χ1v) is 10.6. The molecule has 1 aromatic rings. The Labute approximate surface area is 182 Å². The molecule has 0 aliphatic heterocycles. The third-order valence-corrected chi connectivity index (χ3v) is 5.41. The minimum atomic E-state index is -3.40. The Morgan fingerprint density at radius 1 is 1.19 bits per heavy atom. The van der Waals surface area contributed by atoms with Gasteiger partial charge in [-0.3, -0.25) is 0 Å². The van der Waals surface area contributed by atoms with Gasteiger partial charge in [0.15, 0.2) is 5.96 Å². The van der Waals surface area contributed by atoms with Crippen LogP contribution in [0.3, 0.4) is 0 Å². The molecular formula is C19H35IN4O2S. The molecule has 8 heteroatoms. The fraction of sp³-hybridized carbons (Fsp3) is 0.632. The number of guanidine groups is 1. The molecule has 0 aromatic heterocycles. The van der Waals surface area contributed by atoms with E-state index in [1.165, 1.54) is 7.05 Å². The van der Waals surface area contributed by atoms with Gasteiger partial charge in [-0.05, 0) is 56.8 Å². The van der Waals surface area contributed by atoms with E-state index < -0.39 is 10.0 Å². The number of sulfonamides is 1. The van der Waals surface area contributed by atoms with Gasteiger partial charge >= 0.3 is 0 Å². The summed E-state index contributed by atoms with van der Waals surface area (Å²) in [6, 6.07) is 7.11. The Balaban J connectivity index is 0.00000676. The molecular weight excluding hydrogens is 475 g/mol. The molecule has 1 aromatic carbocycles. The van der Waals surface area contributed by atoms with Crippen LogP contribution in [0.2, 0.25) is 0 Å². The van der Waals surface area contributed by atoms with E-state index in [-0.39, 0.29) is 28.9 Å². The van der Waals surface area contributed by atoms with Crippen LogP contribution in [-0.4, -0.2) is 34.0 Å². The highest BCUT2D eigenvalue weighted by atomic mass is 127. The number of halogens is 1. The van der Waals surface area contributed by atoms with Crippen molar-refractivity contribution in [1.82, 2.24) is 15.4 Å². The van der Waals surface area contributed by atoms with Gasteiger partial charge in [-0.15, -0.1) is 24.0 Å². The summed E-state index contributed by atoms with van der Waals surface area (Å²) < 4.78 is 25.8. The van der Waals surface area contributed by atoms with Gasteiger partial charge < -0.3 is 10.6 Å². The lowest BCUT2D eigenvalue weighted by Crippen LogP contribution is -2.42. The average Bonchev–Trinajstić information content (AvgIpc) is 2.58. The van der Waals surface area contributed by atoms with Crippen molar-refractivity contribution in [2.45, 2.75) is 64.9 Å².